The number of nitrogens with one attached hydrogen (secondary N) is 1. The number of nitro groups is 1. The summed E-state index contributed by atoms with van der Waals surface area (Å²) in [5.74, 6) is -0.497. The zero-order valence-corrected chi connectivity index (χ0v) is 19.0. The molecule has 9 nitrogen and oxygen atoms in total. The van der Waals surface area contributed by atoms with Gasteiger partial charge >= 0.3 is 0 Å². The molecular formula is C22H19ClN4O5S. The van der Waals surface area contributed by atoms with E-state index in [2.05, 4.69) is 10.5 Å². The van der Waals surface area contributed by atoms with Gasteiger partial charge in [0.05, 0.1) is 29.6 Å². The van der Waals surface area contributed by atoms with Gasteiger partial charge in [-0.2, -0.15) is 5.10 Å². The fourth-order valence-electron chi connectivity index (χ4n) is 2.85. The highest BCUT2D eigenvalue weighted by molar-refractivity contribution is 7.92. The monoisotopic (exact) mass is 486 g/mol. The molecule has 0 aliphatic heterocycles. The van der Waals surface area contributed by atoms with Crippen molar-refractivity contribution >= 4 is 45.1 Å². The standard InChI is InChI=1S/C22H19ClN4O5S/c1-33(31,32)26(15-17-2-8-19(23)9-3-17)20-12-6-18(7-13-20)22(28)25-24-14-16-4-10-21(11-5-16)27(29)30/h2-14H,15H2,1H3,(H,25,28)/b24-14+. The van der Waals surface area contributed by atoms with E-state index in [1.54, 1.807) is 24.3 Å². The molecule has 3 aromatic rings. The lowest BCUT2D eigenvalue weighted by atomic mass is 10.2. The summed E-state index contributed by atoms with van der Waals surface area (Å²) in [4.78, 5) is 22.5. The minimum Gasteiger partial charge on any atom is -0.267 e. The molecule has 0 saturated carbocycles. The molecule has 0 unspecified atom stereocenters. The number of benzene rings is 3. The van der Waals surface area contributed by atoms with Gasteiger partial charge in [0.15, 0.2) is 0 Å². The van der Waals surface area contributed by atoms with Crippen LogP contribution >= 0.6 is 11.6 Å². The lowest BCUT2D eigenvalue weighted by Crippen LogP contribution is -2.29. The first-order chi connectivity index (χ1) is 15.6. The Morgan fingerprint density at radius 2 is 1.67 bits per heavy atom. The maximum Gasteiger partial charge on any atom is 0.271 e. The van der Waals surface area contributed by atoms with Crippen LogP contribution in [0.3, 0.4) is 0 Å². The van der Waals surface area contributed by atoms with Crippen LogP contribution in [0.2, 0.25) is 5.02 Å². The Bertz CT molecular complexity index is 1280. The van der Waals surface area contributed by atoms with E-state index in [0.717, 1.165) is 11.8 Å². The summed E-state index contributed by atoms with van der Waals surface area (Å²) in [6, 6.07) is 18.6. The second kappa shape index (κ2) is 10.2. The molecule has 3 aromatic carbocycles. The fraction of sp³-hybridized carbons (Fsp3) is 0.0909. The van der Waals surface area contributed by atoms with E-state index in [-0.39, 0.29) is 17.8 Å². The van der Waals surface area contributed by atoms with E-state index in [4.69, 9.17) is 11.6 Å². The molecule has 0 atom stereocenters. The topological polar surface area (TPSA) is 122 Å². The predicted molar refractivity (Wildman–Crippen MR) is 127 cm³/mol. The number of nitro benzene ring substituents is 1. The van der Waals surface area contributed by atoms with Crippen LogP contribution in [0.25, 0.3) is 0 Å². The number of non-ortho nitro benzene ring substituents is 1. The molecule has 0 aromatic heterocycles. The smallest absolute Gasteiger partial charge is 0.267 e. The normalized spacial score (nSPS) is 11.3. The van der Waals surface area contributed by atoms with Crippen molar-refractivity contribution in [2.75, 3.05) is 10.6 Å². The summed E-state index contributed by atoms with van der Waals surface area (Å²) in [6.07, 6.45) is 2.46. The Kier molecular flexibility index (Phi) is 7.41. The van der Waals surface area contributed by atoms with E-state index >= 15 is 0 Å². The van der Waals surface area contributed by atoms with E-state index < -0.39 is 20.9 Å². The van der Waals surface area contributed by atoms with Gasteiger partial charge in [0.25, 0.3) is 11.6 Å². The number of amides is 1. The molecular weight excluding hydrogens is 468 g/mol. The zero-order chi connectivity index (χ0) is 24.0. The van der Waals surface area contributed by atoms with Crippen molar-refractivity contribution in [3.63, 3.8) is 0 Å². The van der Waals surface area contributed by atoms with Crippen molar-refractivity contribution in [1.29, 1.82) is 0 Å². The van der Waals surface area contributed by atoms with Crippen molar-refractivity contribution in [2.45, 2.75) is 6.54 Å². The van der Waals surface area contributed by atoms with Crippen molar-refractivity contribution in [3.8, 4) is 0 Å². The minimum absolute atomic E-state index is 0.0459. The number of hydrogen-bond acceptors (Lipinski definition) is 6. The lowest BCUT2D eigenvalue weighted by Gasteiger charge is -2.22. The number of carbonyl (C=O) groups excluding carboxylic acids is 1. The second-order valence-corrected chi connectivity index (χ2v) is 9.33. The lowest BCUT2D eigenvalue weighted by molar-refractivity contribution is -0.384. The molecule has 0 aliphatic carbocycles. The van der Waals surface area contributed by atoms with Gasteiger partial charge in [-0.3, -0.25) is 19.2 Å². The second-order valence-electron chi connectivity index (χ2n) is 6.99. The van der Waals surface area contributed by atoms with Gasteiger partial charge in [-0.25, -0.2) is 13.8 Å². The maximum atomic E-state index is 12.3. The molecule has 0 saturated heterocycles. The summed E-state index contributed by atoms with van der Waals surface area (Å²) in [7, 11) is -3.58. The minimum atomic E-state index is -3.58. The number of anilines is 1. The van der Waals surface area contributed by atoms with Crippen LogP contribution in [-0.2, 0) is 16.6 Å². The van der Waals surface area contributed by atoms with Gasteiger partial charge in [-0.15, -0.1) is 0 Å². The molecule has 0 heterocycles. The van der Waals surface area contributed by atoms with E-state index in [9.17, 15) is 23.3 Å². The van der Waals surface area contributed by atoms with Crippen LogP contribution in [0.4, 0.5) is 11.4 Å². The molecule has 170 valence electrons. The number of hydrogen-bond donors (Lipinski definition) is 1. The zero-order valence-electron chi connectivity index (χ0n) is 17.4. The highest BCUT2D eigenvalue weighted by atomic mass is 35.5. The molecule has 1 N–H and O–H groups in total. The van der Waals surface area contributed by atoms with Crippen LogP contribution in [0.5, 0.6) is 0 Å². The average molecular weight is 487 g/mol. The van der Waals surface area contributed by atoms with Crippen molar-refractivity contribution in [3.05, 3.63) is 105 Å². The molecule has 0 fully saturated rings. The van der Waals surface area contributed by atoms with Crippen molar-refractivity contribution in [2.24, 2.45) is 5.10 Å². The van der Waals surface area contributed by atoms with Crippen LogP contribution in [0, 0.1) is 10.1 Å². The van der Waals surface area contributed by atoms with Crippen molar-refractivity contribution < 1.29 is 18.1 Å². The summed E-state index contributed by atoms with van der Waals surface area (Å²) in [5.41, 5.74) is 4.32. The molecule has 33 heavy (non-hydrogen) atoms. The first-order valence-corrected chi connectivity index (χ1v) is 11.8. The summed E-state index contributed by atoms with van der Waals surface area (Å²) in [6.45, 7) is 0.112. The third-order valence-corrected chi connectivity index (χ3v) is 5.93. The predicted octanol–water partition coefficient (Wildman–Crippen LogP) is 3.98. The van der Waals surface area contributed by atoms with Crippen LogP contribution in [0.15, 0.2) is 77.9 Å². The molecule has 0 radical (unpaired) electrons. The van der Waals surface area contributed by atoms with Crippen LogP contribution < -0.4 is 9.73 Å². The fourth-order valence-corrected chi connectivity index (χ4v) is 3.86. The molecule has 3 rings (SSSR count). The number of halogens is 1. The van der Waals surface area contributed by atoms with Gasteiger partial charge in [-0.05, 0) is 59.7 Å². The highest BCUT2D eigenvalue weighted by Crippen LogP contribution is 2.22. The maximum absolute atomic E-state index is 12.3. The van der Waals surface area contributed by atoms with Gasteiger partial charge in [-0.1, -0.05) is 23.7 Å². The Balaban J connectivity index is 1.68. The Morgan fingerprint density at radius 1 is 1.06 bits per heavy atom. The molecule has 0 aliphatic rings. The number of rotatable bonds is 8. The average Bonchev–Trinajstić information content (AvgIpc) is 2.78. The quantitative estimate of drug-likeness (QED) is 0.293. The first-order valence-electron chi connectivity index (χ1n) is 9.53. The van der Waals surface area contributed by atoms with Gasteiger partial charge in [0.1, 0.15) is 0 Å². The molecule has 0 bridgehead atoms. The largest absolute Gasteiger partial charge is 0.271 e. The highest BCUT2D eigenvalue weighted by Gasteiger charge is 2.18. The van der Waals surface area contributed by atoms with Gasteiger partial charge in [0.2, 0.25) is 10.0 Å². The van der Waals surface area contributed by atoms with Crippen LogP contribution in [0.1, 0.15) is 21.5 Å². The van der Waals surface area contributed by atoms with Crippen molar-refractivity contribution in [1.82, 2.24) is 5.43 Å². The Morgan fingerprint density at radius 3 is 2.21 bits per heavy atom. The number of carbonyl (C=O) groups is 1. The third kappa shape index (κ3) is 6.61. The third-order valence-electron chi connectivity index (χ3n) is 4.54. The number of sulfonamides is 1. The summed E-state index contributed by atoms with van der Waals surface area (Å²) >= 11 is 5.89. The number of nitrogens with zero attached hydrogens (tertiary/aromatic N) is 3. The van der Waals surface area contributed by atoms with E-state index in [1.165, 1.54) is 59.1 Å². The summed E-state index contributed by atoms with van der Waals surface area (Å²) < 4.78 is 25.9. The molecule has 0 spiro atoms. The van der Waals surface area contributed by atoms with Crippen LogP contribution in [-0.4, -0.2) is 31.7 Å². The van der Waals surface area contributed by atoms with E-state index in [1.807, 2.05) is 0 Å². The Labute approximate surface area is 195 Å². The molecule has 1 amide bonds. The first kappa shape index (κ1) is 23.9. The van der Waals surface area contributed by atoms with Gasteiger partial charge in [0, 0.05) is 22.7 Å². The molecule has 11 heteroatoms. The number of hydrazone groups is 1. The SMILES string of the molecule is CS(=O)(=O)N(Cc1ccc(Cl)cc1)c1ccc(C(=O)N/N=C/c2ccc([N+](=O)[O-])cc2)cc1. The summed E-state index contributed by atoms with van der Waals surface area (Å²) in [5, 5.41) is 15.1. The van der Waals surface area contributed by atoms with Gasteiger partial charge < -0.3 is 0 Å². The Hall–Kier alpha value is -3.76. The van der Waals surface area contributed by atoms with E-state index in [0.29, 0.717) is 16.3 Å².